The summed E-state index contributed by atoms with van der Waals surface area (Å²) in [7, 11) is 0. The van der Waals surface area contributed by atoms with Crippen LogP contribution in [0.5, 0.6) is 5.75 Å². The summed E-state index contributed by atoms with van der Waals surface area (Å²) >= 11 is 6.69. The normalized spacial score (nSPS) is 13.1. The van der Waals surface area contributed by atoms with E-state index in [0.717, 1.165) is 8.95 Å². The molecular formula is C18H19Br2NO4. The molecule has 0 aliphatic heterocycles. The third-order valence-corrected chi connectivity index (χ3v) is 4.74. The molecule has 0 aliphatic rings. The number of aliphatic hydroxyl groups is 1. The van der Waals surface area contributed by atoms with Gasteiger partial charge in [-0.2, -0.15) is 0 Å². The molecule has 2 rings (SSSR count). The van der Waals surface area contributed by atoms with Gasteiger partial charge in [0.25, 0.3) is 0 Å². The van der Waals surface area contributed by atoms with Crippen LogP contribution < -0.4 is 5.32 Å². The van der Waals surface area contributed by atoms with Crippen LogP contribution in [0.25, 0.3) is 0 Å². The molecule has 0 aliphatic carbocycles. The highest BCUT2D eigenvalue weighted by atomic mass is 79.9. The van der Waals surface area contributed by atoms with E-state index in [1.165, 1.54) is 6.07 Å². The quantitative estimate of drug-likeness (QED) is 0.538. The van der Waals surface area contributed by atoms with Crippen molar-refractivity contribution in [3.05, 3.63) is 57.0 Å². The highest BCUT2D eigenvalue weighted by Gasteiger charge is 2.26. The third-order valence-electron chi connectivity index (χ3n) is 3.72. The molecule has 7 heteroatoms. The molecule has 2 atom stereocenters. The SMILES string of the molecule is C[C@H](CCO)[C@H](OC(=O)Nc1ccc(Br)cc1)c1cc(Br)ccc1O. The van der Waals surface area contributed by atoms with Crippen LogP contribution in [0.15, 0.2) is 51.4 Å². The molecule has 2 aromatic carbocycles. The summed E-state index contributed by atoms with van der Waals surface area (Å²) < 4.78 is 7.23. The summed E-state index contributed by atoms with van der Waals surface area (Å²) in [5.74, 6) is -0.143. The first kappa shape index (κ1) is 19.8. The Morgan fingerprint density at radius 3 is 2.44 bits per heavy atom. The standard InChI is InChI=1S/C18H19Br2NO4/c1-11(8-9-22)17(15-10-13(20)4-7-16(15)23)25-18(24)21-14-5-2-12(19)3-6-14/h2-7,10-11,17,22-23H,8-9H2,1H3,(H,21,24)/t11-,17+/m1/s1. The molecule has 0 unspecified atom stereocenters. The number of aliphatic hydroxyl groups excluding tert-OH is 1. The van der Waals surface area contributed by atoms with Gasteiger partial charge in [0.15, 0.2) is 0 Å². The van der Waals surface area contributed by atoms with Gasteiger partial charge in [-0.25, -0.2) is 4.79 Å². The zero-order valence-corrected chi connectivity index (χ0v) is 16.7. The number of phenolic OH excluding ortho intramolecular Hbond substituents is 1. The minimum Gasteiger partial charge on any atom is -0.508 e. The molecule has 0 spiro atoms. The minimum absolute atomic E-state index is 0.0365. The zero-order chi connectivity index (χ0) is 18.4. The summed E-state index contributed by atoms with van der Waals surface area (Å²) in [6, 6.07) is 12.1. The lowest BCUT2D eigenvalue weighted by Crippen LogP contribution is -2.22. The summed E-state index contributed by atoms with van der Waals surface area (Å²) in [5, 5.41) is 22.0. The van der Waals surface area contributed by atoms with Gasteiger partial charge >= 0.3 is 6.09 Å². The van der Waals surface area contributed by atoms with Crippen molar-refractivity contribution in [2.75, 3.05) is 11.9 Å². The Bertz CT molecular complexity index is 722. The number of halogens is 2. The average Bonchev–Trinajstić information content (AvgIpc) is 2.57. The Balaban J connectivity index is 2.19. The van der Waals surface area contributed by atoms with Gasteiger partial charge in [-0.15, -0.1) is 0 Å². The fourth-order valence-corrected chi connectivity index (χ4v) is 3.03. The molecule has 2 aromatic rings. The summed E-state index contributed by atoms with van der Waals surface area (Å²) in [6.45, 7) is 1.82. The first-order valence-corrected chi connectivity index (χ1v) is 9.31. The van der Waals surface area contributed by atoms with Gasteiger partial charge in [0, 0.05) is 26.8 Å². The van der Waals surface area contributed by atoms with Gasteiger partial charge in [0.05, 0.1) is 0 Å². The highest BCUT2D eigenvalue weighted by molar-refractivity contribution is 9.10. The number of carbonyl (C=O) groups is 1. The van der Waals surface area contributed by atoms with Crippen LogP contribution in [0.4, 0.5) is 10.5 Å². The number of aromatic hydroxyl groups is 1. The molecule has 0 saturated heterocycles. The second kappa shape index (κ2) is 9.22. The van der Waals surface area contributed by atoms with Crippen molar-refractivity contribution in [3.8, 4) is 5.75 Å². The van der Waals surface area contributed by atoms with E-state index in [-0.39, 0.29) is 18.3 Å². The van der Waals surface area contributed by atoms with Crippen LogP contribution in [0.2, 0.25) is 0 Å². The molecule has 0 fully saturated rings. The van der Waals surface area contributed by atoms with Gasteiger partial charge in [0.1, 0.15) is 11.9 Å². The van der Waals surface area contributed by atoms with Gasteiger partial charge < -0.3 is 14.9 Å². The van der Waals surface area contributed by atoms with E-state index in [1.807, 2.05) is 19.1 Å². The Morgan fingerprint density at radius 2 is 1.80 bits per heavy atom. The molecule has 3 N–H and O–H groups in total. The molecule has 134 valence electrons. The molecule has 0 radical (unpaired) electrons. The van der Waals surface area contributed by atoms with Crippen LogP contribution in [0.1, 0.15) is 25.0 Å². The number of ether oxygens (including phenoxy) is 1. The van der Waals surface area contributed by atoms with Crippen molar-refractivity contribution in [3.63, 3.8) is 0 Å². The maximum Gasteiger partial charge on any atom is 0.412 e. The molecule has 25 heavy (non-hydrogen) atoms. The van der Waals surface area contributed by atoms with Crippen LogP contribution in [0, 0.1) is 5.92 Å². The third kappa shape index (κ3) is 5.73. The Morgan fingerprint density at radius 1 is 1.16 bits per heavy atom. The van der Waals surface area contributed by atoms with Crippen LogP contribution >= 0.6 is 31.9 Å². The molecule has 1 amide bonds. The summed E-state index contributed by atoms with van der Waals surface area (Å²) in [6.07, 6.45) is -0.890. The second-order valence-corrected chi connectivity index (χ2v) is 7.48. The monoisotopic (exact) mass is 471 g/mol. The zero-order valence-electron chi connectivity index (χ0n) is 13.6. The lowest BCUT2D eigenvalue weighted by atomic mass is 9.94. The van der Waals surface area contributed by atoms with E-state index in [1.54, 1.807) is 24.3 Å². The van der Waals surface area contributed by atoms with E-state index in [4.69, 9.17) is 4.74 Å². The highest BCUT2D eigenvalue weighted by Crippen LogP contribution is 2.36. The van der Waals surface area contributed by atoms with Gasteiger partial charge in [-0.3, -0.25) is 5.32 Å². The van der Waals surface area contributed by atoms with E-state index in [0.29, 0.717) is 17.7 Å². The van der Waals surface area contributed by atoms with Crippen LogP contribution in [-0.4, -0.2) is 22.9 Å². The number of amides is 1. The predicted molar refractivity (Wildman–Crippen MR) is 104 cm³/mol. The number of hydrogen-bond acceptors (Lipinski definition) is 4. The Labute approximate surface area is 163 Å². The van der Waals surface area contributed by atoms with E-state index < -0.39 is 12.2 Å². The van der Waals surface area contributed by atoms with Gasteiger partial charge in [-0.05, 0) is 54.8 Å². The maximum atomic E-state index is 12.3. The maximum absolute atomic E-state index is 12.3. The number of nitrogens with one attached hydrogen (secondary N) is 1. The Kier molecular flexibility index (Phi) is 7.28. The van der Waals surface area contributed by atoms with Crippen molar-refractivity contribution < 1.29 is 19.7 Å². The first-order valence-electron chi connectivity index (χ1n) is 7.73. The molecule has 0 bridgehead atoms. The van der Waals surface area contributed by atoms with Crippen molar-refractivity contribution in [1.29, 1.82) is 0 Å². The van der Waals surface area contributed by atoms with E-state index >= 15 is 0 Å². The van der Waals surface area contributed by atoms with Gasteiger partial charge in [-0.1, -0.05) is 38.8 Å². The largest absolute Gasteiger partial charge is 0.508 e. The number of anilines is 1. The molecule has 5 nitrogen and oxygen atoms in total. The first-order chi connectivity index (χ1) is 11.9. The fraction of sp³-hybridized carbons (Fsp3) is 0.278. The van der Waals surface area contributed by atoms with Crippen molar-refractivity contribution in [2.45, 2.75) is 19.4 Å². The molecule has 0 aromatic heterocycles. The van der Waals surface area contributed by atoms with E-state index in [9.17, 15) is 15.0 Å². The molecule has 0 heterocycles. The molecule has 0 saturated carbocycles. The second-order valence-electron chi connectivity index (χ2n) is 5.65. The number of carbonyl (C=O) groups excluding carboxylic acids is 1. The lowest BCUT2D eigenvalue weighted by molar-refractivity contribution is 0.0652. The number of hydrogen-bond donors (Lipinski definition) is 3. The van der Waals surface area contributed by atoms with Crippen molar-refractivity contribution >= 4 is 43.6 Å². The molecular weight excluding hydrogens is 454 g/mol. The van der Waals surface area contributed by atoms with Crippen molar-refractivity contribution in [2.24, 2.45) is 5.92 Å². The van der Waals surface area contributed by atoms with Crippen molar-refractivity contribution in [1.82, 2.24) is 0 Å². The predicted octanol–water partition coefficient (Wildman–Crippen LogP) is 5.23. The summed E-state index contributed by atoms with van der Waals surface area (Å²) in [4.78, 5) is 12.3. The number of rotatable bonds is 6. The number of phenols is 1. The Hall–Kier alpha value is -1.57. The van der Waals surface area contributed by atoms with E-state index in [2.05, 4.69) is 37.2 Å². The minimum atomic E-state index is -0.694. The summed E-state index contributed by atoms with van der Waals surface area (Å²) in [5.41, 5.74) is 1.08. The average molecular weight is 473 g/mol. The van der Waals surface area contributed by atoms with Crippen LogP contribution in [-0.2, 0) is 4.74 Å². The topological polar surface area (TPSA) is 78.8 Å². The smallest absolute Gasteiger partial charge is 0.412 e. The van der Waals surface area contributed by atoms with Gasteiger partial charge in [0.2, 0.25) is 0 Å². The number of benzene rings is 2. The fourth-order valence-electron chi connectivity index (χ4n) is 2.39. The van der Waals surface area contributed by atoms with Crippen LogP contribution in [0.3, 0.4) is 0 Å². The lowest BCUT2D eigenvalue weighted by Gasteiger charge is -2.25.